The Hall–Kier alpha value is -1.66. The van der Waals surface area contributed by atoms with Crippen LogP contribution in [-0.4, -0.2) is 9.91 Å². The number of aryl methyl sites for hydroxylation is 1. The maximum Gasteiger partial charge on any atom is 0.311 e. The summed E-state index contributed by atoms with van der Waals surface area (Å²) >= 11 is 7.29. The zero-order chi connectivity index (χ0) is 13.1. The number of benzene rings is 1. The molecule has 0 radical (unpaired) electrons. The summed E-state index contributed by atoms with van der Waals surface area (Å²) in [6.45, 7) is 2.07. The smallest absolute Gasteiger partial charge is 0.311 e. The molecule has 0 aliphatic carbocycles. The molecule has 0 spiro atoms. The molecule has 94 valence electrons. The molecular weight excluding hydrogens is 276 g/mol. The van der Waals surface area contributed by atoms with E-state index in [1.807, 2.05) is 12.3 Å². The Morgan fingerprint density at radius 3 is 2.94 bits per heavy atom. The number of hydrogen-bond donors (Lipinski definition) is 0. The van der Waals surface area contributed by atoms with Crippen LogP contribution in [0.2, 0.25) is 5.02 Å². The van der Waals surface area contributed by atoms with Gasteiger partial charge in [-0.05, 0) is 13.0 Å². The molecule has 7 heteroatoms. The maximum atomic E-state index is 10.8. The van der Waals surface area contributed by atoms with Crippen molar-refractivity contribution < 1.29 is 9.66 Å². The fraction of sp³-hybridized carbons (Fsp3) is 0.182. The van der Waals surface area contributed by atoms with Gasteiger partial charge in [-0.3, -0.25) is 10.1 Å². The third-order valence-electron chi connectivity index (χ3n) is 2.16. The van der Waals surface area contributed by atoms with Crippen molar-refractivity contribution in [2.75, 3.05) is 0 Å². The van der Waals surface area contributed by atoms with Crippen molar-refractivity contribution in [2.24, 2.45) is 0 Å². The largest absolute Gasteiger partial charge is 0.480 e. The van der Waals surface area contributed by atoms with Crippen molar-refractivity contribution in [1.29, 1.82) is 0 Å². The van der Waals surface area contributed by atoms with Gasteiger partial charge in [-0.1, -0.05) is 11.6 Å². The van der Waals surface area contributed by atoms with Gasteiger partial charge in [0.15, 0.2) is 5.75 Å². The summed E-state index contributed by atoms with van der Waals surface area (Å²) < 4.78 is 5.40. The van der Waals surface area contributed by atoms with E-state index in [-0.39, 0.29) is 18.0 Å². The minimum Gasteiger partial charge on any atom is -0.480 e. The molecule has 1 heterocycles. The van der Waals surface area contributed by atoms with Gasteiger partial charge in [-0.2, -0.15) is 0 Å². The zero-order valence-electron chi connectivity index (χ0n) is 9.42. The van der Waals surface area contributed by atoms with Gasteiger partial charge in [0.25, 0.3) is 0 Å². The van der Waals surface area contributed by atoms with Crippen LogP contribution < -0.4 is 4.74 Å². The van der Waals surface area contributed by atoms with Gasteiger partial charge < -0.3 is 4.74 Å². The molecule has 0 atom stereocenters. The summed E-state index contributed by atoms with van der Waals surface area (Å²) in [5.41, 5.74) is 0.637. The average molecular weight is 285 g/mol. The van der Waals surface area contributed by atoms with Crippen molar-refractivity contribution >= 4 is 28.6 Å². The molecule has 18 heavy (non-hydrogen) atoms. The van der Waals surface area contributed by atoms with Gasteiger partial charge in [0.2, 0.25) is 0 Å². The number of rotatable bonds is 4. The van der Waals surface area contributed by atoms with E-state index < -0.39 is 4.92 Å². The summed E-state index contributed by atoms with van der Waals surface area (Å²) in [4.78, 5) is 14.5. The number of hydrogen-bond acceptors (Lipinski definition) is 5. The number of nitro groups is 1. The van der Waals surface area contributed by atoms with E-state index in [9.17, 15) is 10.1 Å². The van der Waals surface area contributed by atoms with E-state index >= 15 is 0 Å². The molecule has 0 amide bonds. The number of ether oxygens (including phenoxy) is 1. The third-order valence-corrected chi connectivity index (χ3v) is 3.22. The van der Waals surface area contributed by atoms with Gasteiger partial charge in [0.05, 0.1) is 15.6 Å². The molecule has 1 aromatic carbocycles. The van der Waals surface area contributed by atoms with Crippen LogP contribution in [0.4, 0.5) is 5.69 Å². The van der Waals surface area contributed by atoms with Crippen molar-refractivity contribution in [3.63, 3.8) is 0 Å². The summed E-state index contributed by atoms with van der Waals surface area (Å²) in [5, 5.41) is 14.0. The van der Waals surface area contributed by atoms with E-state index in [1.165, 1.54) is 29.5 Å². The molecule has 5 nitrogen and oxygen atoms in total. The molecule has 0 saturated carbocycles. The third kappa shape index (κ3) is 2.96. The Kier molecular flexibility index (Phi) is 3.78. The van der Waals surface area contributed by atoms with E-state index in [0.717, 1.165) is 10.7 Å². The van der Waals surface area contributed by atoms with Crippen LogP contribution in [0, 0.1) is 17.0 Å². The first-order chi connectivity index (χ1) is 8.56. The Balaban J connectivity index is 2.17. The van der Waals surface area contributed by atoms with Gasteiger partial charge in [0, 0.05) is 22.5 Å². The lowest BCUT2D eigenvalue weighted by Crippen LogP contribution is -1.99. The van der Waals surface area contributed by atoms with Gasteiger partial charge in [-0.15, -0.1) is 11.3 Å². The normalized spacial score (nSPS) is 10.3. The second-order valence-electron chi connectivity index (χ2n) is 3.52. The van der Waals surface area contributed by atoms with Crippen LogP contribution in [0.15, 0.2) is 23.6 Å². The number of aromatic nitrogens is 1. The van der Waals surface area contributed by atoms with Crippen LogP contribution in [0.3, 0.4) is 0 Å². The minimum atomic E-state index is -0.502. The summed E-state index contributed by atoms with van der Waals surface area (Å²) in [6.07, 6.45) is 0. The van der Waals surface area contributed by atoms with Crippen molar-refractivity contribution in [3.8, 4) is 5.75 Å². The highest BCUT2D eigenvalue weighted by Crippen LogP contribution is 2.30. The van der Waals surface area contributed by atoms with Crippen molar-refractivity contribution in [1.82, 2.24) is 4.98 Å². The first-order valence-electron chi connectivity index (χ1n) is 5.04. The van der Waals surface area contributed by atoms with E-state index in [2.05, 4.69) is 4.98 Å². The number of thiazole rings is 1. The number of halogens is 1. The summed E-state index contributed by atoms with van der Waals surface area (Å²) in [5.74, 6) is 0.151. The second kappa shape index (κ2) is 5.32. The zero-order valence-corrected chi connectivity index (χ0v) is 11.0. The van der Waals surface area contributed by atoms with Gasteiger partial charge in [-0.25, -0.2) is 4.98 Å². The van der Waals surface area contributed by atoms with Gasteiger partial charge in [0.1, 0.15) is 6.61 Å². The highest BCUT2D eigenvalue weighted by molar-refractivity contribution is 7.09. The molecule has 0 aliphatic rings. The number of nitro benzene ring substituents is 1. The molecule has 2 rings (SSSR count). The highest BCUT2D eigenvalue weighted by Gasteiger charge is 2.15. The Morgan fingerprint density at radius 2 is 2.33 bits per heavy atom. The Morgan fingerprint density at radius 1 is 1.56 bits per heavy atom. The molecule has 0 fully saturated rings. The van der Waals surface area contributed by atoms with E-state index in [0.29, 0.717) is 5.02 Å². The van der Waals surface area contributed by atoms with Gasteiger partial charge >= 0.3 is 5.69 Å². The summed E-state index contributed by atoms with van der Waals surface area (Å²) in [6, 6.07) is 4.21. The quantitative estimate of drug-likeness (QED) is 0.635. The first-order valence-corrected chi connectivity index (χ1v) is 6.30. The van der Waals surface area contributed by atoms with Crippen LogP contribution in [0.25, 0.3) is 0 Å². The van der Waals surface area contributed by atoms with E-state index in [1.54, 1.807) is 0 Å². The standard InChI is InChI=1S/C11H9ClN2O3S/c1-7-13-9(6-18-7)5-17-11-4-8(12)2-3-10(11)14(15)16/h2-4,6H,5H2,1H3. The molecule has 0 N–H and O–H groups in total. The highest BCUT2D eigenvalue weighted by atomic mass is 35.5. The second-order valence-corrected chi connectivity index (χ2v) is 5.01. The van der Waals surface area contributed by atoms with Crippen LogP contribution in [0.5, 0.6) is 5.75 Å². The lowest BCUT2D eigenvalue weighted by atomic mass is 10.3. The predicted molar refractivity (Wildman–Crippen MR) is 69.3 cm³/mol. The Bertz CT molecular complexity index is 585. The molecular formula is C11H9ClN2O3S. The van der Waals surface area contributed by atoms with Crippen LogP contribution >= 0.6 is 22.9 Å². The Labute approximate surface area is 112 Å². The fourth-order valence-corrected chi connectivity index (χ4v) is 2.14. The monoisotopic (exact) mass is 284 g/mol. The fourth-order valence-electron chi connectivity index (χ4n) is 1.38. The van der Waals surface area contributed by atoms with Crippen molar-refractivity contribution in [3.05, 3.63) is 49.4 Å². The lowest BCUT2D eigenvalue weighted by molar-refractivity contribution is -0.385. The van der Waals surface area contributed by atoms with E-state index in [4.69, 9.17) is 16.3 Å². The minimum absolute atomic E-state index is 0.105. The first kappa shape index (κ1) is 12.8. The molecule has 0 unspecified atom stereocenters. The SMILES string of the molecule is Cc1nc(COc2cc(Cl)ccc2[N+](=O)[O-])cs1. The number of nitrogens with zero attached hydrogens (tertiary/aromatic N) is 2. The molecule has 0 bridgehead atoms. The molecule has 0 aliphatic heterocycles. The molecule has 1 aromatic heterocycles. The molecule has 0 saturated heterocycles. The predicted octanol–water partition coefficient (Wildman–Crippen LogP) is 3.59. The topological polar surface area (TPSA) is 65.3 Å². The molecule has 2 aromatic rings. The lowest BCUT2D eigenvalue weighted by Gasteiger charge is -2.05. The van der Waals surface area contributed by atoms with Crippen LogP contribution in [0.1, 0.15) is 10.7 Å². The van der Waals surface area contributed by atoms with Crippen LogP contribution in [-0.2, 0) is 6.61 Å². The maximum absolute atomic E-state index is 10.8. The van der Waals surface area contributed by atoms with Crippen molar-refractivity contribution in [2.45, 2.75) is 13.5 Å². The average Bonchev–Trinajstić information content (AvgIpc) is 2.72. The summed E-state index contributed by atoms with van der Waals surface area (Å²) in [7, 11) is 0.